The van der Waals surface area contributed by atoms with Crippen molar-refractivity contribution in [3.8, 4) is 5.75 Å². The summed E-state index contributed by atoms with van der Waals surface area (Å²) in [6.07, 6.45) is 0.516. The Labute approximate surface area is 121 Å². The Hall–Kier alpha value is -1.71. The maximum Gasteiger partial charge on any atom is 0.410 e. The largest absolute Gasteiger partial charge is 0.494 e. The van der Waals surface area contributed by atoms with Crippen LogP contribution in [0.4, 0.5) is 4.79 Å². The van der Waals surface area contributed by atoms with Gasteiger partial charge in [0.1, 0.15) is 11.4 Å². The summed E-state index contributed by atoms with van der Waals surface area (Å²) >= 11 is 0. The Bertz CT molecular complexity index is 398. The number of hydrogen-bond donors (Lipinski definition) is 0. The molecule has 0 unspecified atom stereocenters. The van der Waals surface area contributed by atoms with Crippen LogP contribution in [0, 0.1) is 0 Å². The van der Waals surface area contributed by atoms with Gasteiger partial charge in [-0.05, 0) is 46.2 Å². The molecule has 4 nitrogen and oxygen atoms in total. The minimum atomic E-state index is -0.453. The molecule has 0 atom stereocenters. The van der Waals surface area contributed by atoms with Gasteiger partial charge in [-0.25, -0.2) is 4.79 Å². The number of nitrogens with zero attached hydrogens (tertiary/aromatic N) is 1. The van der Waals surface area contributed by atoms with Crippen LogP contribution in [0.25, 0.3) is 0 Å². The van der Waals surface area contributed by atoms with Gasteiger partial charge in [0.25, 0.3) is 0 Å². The lowest BCUT2D eigenvalue weighted by Gasteiger charge is -2.26. The molecular formula is C16H25NO3. The van der Waals surface area contributed by atoms with Gasteiger partial charge in [0.15, 0.2) is 0 Å². The highest BCUT2D eigenvalue weighted by Gasteiger charge is 2.20. The van der Waals surface area contributed by atoms with E-state index in [-0.39, 0.29) is 6.09 Å². The van der Waals surface area contributed by atoms with Gasteiger partial charge in [0.2, 0.25) is 0 Å². The molecule has 0 radical (unpaired) electrons. The Balaban J connectivity index is 2.29. The molecule has 20 heavy (non-hydrogen) atoms. The minimum Gasteiger partial charge on any atom is -0.494 e. The van der Waals surface area contributed by atoms with E-state index in [2.05, 4.69) is 0 Å². The number of amides is 1. The van der Waals surface area contributed by atoms with Gasteiger partial charge in [-0.3, -0.25) is 0 Å². The predicted octanol–water partition coefficient (Wildman–Crippen LogP) is 3.71. The molecule has 112 valence electrons. The molecule has 0 aliphatic carbocycles. The number of carbonyl (C=O) groups excluding carboxylic acids is 1. The highest BCUT2D eigenvalue weighted by atomic mass is 16.6. The molecule has 4 heteroatoms. The van der Waals surface area contributed by atoms with E-state index in [0.29, 0.717) is 19.7 Å². The number of benzene rings is 1. The van der Waals surface area contributed by atoms with E-state index >= 15 is 0 Å². The number of rotatable bonds is 6. The first-order valence-electron chi connectivity index (χ1n) is 7.08. The Morgan fingerprint density at radius 1 is 1.20 bits per heavy atom. The van der Waals surface area contributed by atoms with Crippen LogP contribution in [0.15, 0.2) is 30.3 Å². The average molecular weight is 279 g/mol. The lowest BCUT2D eigenvalue weighted by molar-refractivity contribution is 0.0252. The van der Waals surface area contributed by atoms with Gasteiger partial charge >= 0.3 is 6.09 Å². The second kappa shape index (κ2) is 7.78. The fourth-order valence-electron chi connectivity index (χ4n) is 1.67. The van der Waals surface area contributed by atoms with Crippen molar-refractivity contribution in [2.75, 3.05) is 19.7 Å². The van der Waals surface area contributed by atoms with Gasteiger partial charge in [-0.15, -0.1) is 0 Å². The summed E-state index contributed by atoms with van der Waals surface area (Å²) < 4.78 is 11.0. The fourth-order valence-corrected chi connectivity index (χ4v) is 1.67. The Morgan fingerprint density at radius 3 is 2.40 bits per heavy atom. The zero-order chi connectivity index (χ0) is 15.0. The highest BCUT2D eigenvalue weighted by Crippen LogP contribution is 2.11. The highest BCUT2D eigenvalue weighted by molar-refractivity contribution is 5.68. The van der Waals surface area contributed by atoms with Gasteiger partial charge in [0.05, 0.1) is 6.61 Å². The maximum atomic E-state index is 11.9. The van der Waals surface area contributed by atoms with Gasteiger partial charge in [-0.1, -0.05) is 18.2 Å². The third-order valence-electron chi connectivity index (χ3n) is 2.62. The van der Waals surface area contributed by atoms with Gasteiger partial charge in [0, 0.05) is 13.1 Å². The normalized spacial score (nSPS) is 11.0. The van der Waals surface area contributed by atoms with Crippen molar-refractivity contribution in [2.24, 2.45) is 0 Å². The molecule has 0 fully saturated rings. The summed E-state index contributed by atoms with van der Waals surface area (Å²) in [7, 11) is 0. The van der Waals surface area contributed by atoms with E-state index in [1.807, 2.05) is 58.0 Å². The van der Waals surface area contributed by atoms with Crippen molar-refractivity contribution in [2.45, 2.75) is 39.7 Å². The molecule has 1 amide bonds. The molecule has 0 heterocycles. The smallest absolute Gasteiger partial charge is 0.410 e. The van der Waals surface area contributed by atoms with Crippen molar-refractivity contribution >= 4 is 6.09 Å². The number of hydrogen-bond acceptors (Lipinski definition) is 3. The quantitative estimate of drug-likeness (QED) is 0.745. The lowest BCUT2D eigenvalue weighted by atomic mass is 10.2. The molecule has 1 aromatic carbocycles. The first-order valence-corrected chi connectivity index (χ1v) is 7.08. The molecule has 0 aliphatic rings. The molecule has 1 aromatic rings. The number of ether oxygens (including phenoxy) is 2. The number of carbonyl (C=O) groups is 1. The summed E-state index contributed by atoms with van der Waals surface area (Å²) in [5, 5.41) is 0. The second-order valence-corrected chi connectivity index (χ2v) is 5.58. The average Bonchev–Trinajstić information content (AvgIpc) is 2.38. The fraction of sp³-hybridized carbons (Fsp3) is 0.562. The van der Waals surface area contributed by atoms with Gasteiger partial charge in [-0.2, -0.15) is 0 Å². The molecule has 0 spiro atoms. The third-order valence-corrected chi connectivity index (χ3v) is 2.62. The lowest BCUT2D eigenvalue weighted by Crippen LogP contribution is -2.37. The van der Waals surface area contributed by atoms with E-state index in [0.717, 1.165) is 12.2 Å². The summed E-state index contributed by atoms with van der Waals surface area (Å²) in [4.78, 5) is 13.6. The Morgan fingerprint density at radius 2 is 1.85 bits per heavy atom. The molecular weight excluding hydrogens is 254 g/mol. The van der Waals surface area contributed by atoms with Crippen LogP contribution in [-0.2, 0) is 4.74 Å². The number of para-hydroxylation sites is 1. The maximum absolute atomic E-state index is 11.9. The predicted molar refractivity (Wildman–Crippen MR) is 80.0 cm³/mol. The summed E-state index contributed by atoms with van der Waals surface area (Å²) in [5.74, 6) is 0.854. The van der Waals surface area contributed by atoms with E-state index < -0.39 is 5.60 Å². The van der Waals surface area contributed by atoms with E-state index in [4.69, 9.17) is 9.47 Å². The first kappa shape index (κ1) is 16.3. The van der Waals surface area contributed by atoms with Crippen molar-refractivity contribution in [3.63, 3.8) is 0 Å². The second-order valence-electron chi connectivity index (χ2n) is 5.58. The summed E-state index contributed by atoms with van der Waals surface area (Å²) in [6, 6.07) is 9.67. The van der Waals surface area contributed by atoms with E-state index in [1.54, 1.807) is 4.90 Å². The first-order chi connectivity index (χ1) is 9.42. The standard InChI is InChI=1S/C16H25NO3/c1-5-17(15(18)20-16(2,3)4)12-9-13-19-14-10-7-6-8-11-14/h6-8,10-11H,5,9,12-13H2,1-4H3. The minimum absolute atomic E-state index is 0.264. The summed E-state index contributed by atoms with van der Waals surface area (Å²) in [5.41, 5.74) is -0.453. The van der Waals surface area contributed by atoms with Crippen LogP contribution >= 0.6 is 0 Å². The van der Waals surface area contributed by atoms with E-state index in [9.17, 15) is 4.79 Å². The molecule has 0 aromatic heterocycles. The van der Waals surface area contributed by atoms with Crippen molar-refractivity contribution in [1.82, 2.24) is 4.90 Å². The van der Waals surface area contributed by atoms with Crippen LogP contribution in [0.1, 0.15) is 34.1 Å². The Kier molecular flexibility index (Phi) is 6.36. The monoisotopic (exact) mass is 279 g/mol. The molecule has 1 rings (SSSR count). The van der Waals surface area contributed by atoms with Crippen LogP contribution in [0.3, 0.4) is 0 Å². The van der Waals surface area contributed by atoms with Gasteiger partial charge < -0.3 is 14.4 Å². The topological polar surface area (TPSA) is 38.8 Å². The summed E-state index contributed by atoms with van der Waals surface area (Å²) in [6.45, 7) is 9.43. The zero-order valence-electron chi connectivity index (χ0n) is 12.9. The van der Waals surface area contributed by atoms with Crippen molar-refractivity contribution in [1.29, 1.82) is 0 Å². The van der Waals surface area contributed by atoms with Crippen molar-refractivity contribution in [3.05, 3.63) is 30.3 Å². The van der Waals surface area contributed by atoms with Crippen LogP contribution in [-0.4, -0.2) is 36.3 Å². The molecule has 0 saturated carbocycles. The van der Waals surface area contributed by atoms with Crippen molar-refractivity contribution < 1.29 is 14.3 Å². The molecule has 0 aliphatic heterocycles. The van der Waals surface area contributed by atoms with Crippen LogP contribution in [0.2, 0.25) is 0 Å². The van der Waals surface area contributed by atoms with E-state index in [1.165, 1.54) is 0 Å². The molecule has 0 saturated heterocycles. The molecule has 0 N–H and O–H groups in total. The molecule has 0 bridgehead atoms. The zero-order valence-corrected chi connectivity index (χ0v) is 12.9. The van der Waals surface area contributed by atoms with Crippen LogP contribution < -0.4 is 4.74 Å². The van der Waals surface area contributed by atoms with Crippen LogP contribution in [0.5, 0.6) is 5.75 Å². The SMILES string of the molecule is CCN(CCCOc1ccccc1)C(=O)OC(C)(C)C. The third kappa shape index (κ3) is 6.45.